The van der Waals surface area contributed by atoms with Crippen LogP contribution >= 0.6 is 0 Å². The van der Waals surface area contributed by atoms with E-state index < -0.39 is 6.29 Å². The van der Waals surface area contributed by atoms with Gasteiger partial charge in [0.15, 0.2) is 13.1 Å². The number of carbonyl (C=O) groups is 1. The van der Waals surface area contributed by atoms with Crippen LogP contribution in [0.25, 0.3) is 0 Å². The average molecular weight is 196 g/mol. The Kier molecular flexibility index (Phi) is 4.10. The number of aldehydes is 1. The number of aliphatic hydroxyl groups is 1. The maximum Gasteiger partial charge on any atom is 0.191 e. The van der Waals surface area contributed by atoms with Gasteiger partial charge in [-0.05, 0) is 31.2 Å². The van der Waals surface area contributed by atoms with Crippen molar-refractivity contribution in [2.24, 2.45) is 0 Å². The third kappa shape index (κ3) is 3.55. The predicted octanol–water partition coefficient (Wildman–Crippen LogP) is 1.19. The van der Waals surface area contributed by atoms with E-state index in [1.54, 1.807) is 24.3 Å². The van der Waals surface area contributed by atoms with Gasteiger partial charge in [-0.2, -0.15) is 0 Å². The number of aliphatic hydroxyl groups excluding tert-OH is 1. The highest BCUT2D eigenvalue weighted by Crippen LogP contribution is 2.10. The van der Waals surface area contributed by atoms with E-state index in [0.717, 1.165) is 6.29 Å². The van der Waals surface area contributed by atoms with Crippen molar-refractivity contribution in [2.45, 2.75) is 13.2 Å². The molecule has 1 aromatic carbocycles. The van der Waals surface area contributed by atoms with Gasteiger partial charge >= 0.3 is 0 Å². The lowest BCUT2D eigenvalue weighted by atomic mass is 10.2. The second kappa shape index (κ2) is 5.36. The maximum absolute atomic E-state index is 10.3. The summed E-state index contributed by atoms with van der Waals surface area (Å²) in [4.78, 5) is 10.3. The van der Waals surface area contributed by atoms with Crippen molar-refractivity contribution >= 4 is 6.29 Å². The first-order valence-corrected chi connectivity index (χ1v) is 4.20. The molecule has 0 aliphatic carbocycles. The Bertz CT molecular complexity index is 279. The Morgan fingerprint density at radius 2 is 2.07 bits per heavy atom. The van der Waals surface area contributed by atoms with Crippen LogP contribution in [0.2, 0.25) is 0 Å². The van der Waals surface area contributed by atoms with Crippen LogP contribution in [0.5, 0.6) is 5.75 Å². The molecule has 0 spiro atoms. The molecule has 0 amide bonds. The summed E-state index contributed by atoms with van der Waals surface area (Å²) in [6.07, 6.45) is -0.0833. The van der Waals surface area contributed by atoms with Gasteiger partial charge in [-0.25, -0.2) is 0 Å². The Balaban J connectivity index is 2.40. The first-order valence-electron chi connectivity index (χ1n) is 4.20. The van der Waals surface area contributed by atoms with Crippen LogP contribution in [-0.2, 0) is 4.74 Å². The molecule has 0 aliphatic rings. The minimum atomic E-state index is -0.843. The van der Waals surface area contributed by atoms with E-state index in [1.807, 2.05) is 0 Å². The van der Waals surface area contributed by atoms with Gasteiger partial charge < -0.3 is 14.6 Å². The number of hydrogen-bond donors (Lipinski definition) is 1. The molecule has 1 atom stereocenters. The normalized spacial score (nSPS) is 12.1. The Labute approximate surface area is 82.1 Å². The summed E-state index contributed by atoms with van der Waals surface area (Å²) in [6, 6.07) is 6.61. The first-order chi connectivity index (χ1) is 6.72. The lowest BCUT2D eigenvalue weighted by molar-refractivity contribution is -0.131. The van der Waals surface area contributed by atoms with E-state index in [4.69, 9.17) is 14.6 Å². The molecular formula is C10H12O4. The molecule has 4 nitrogen and oxygen atoms in total. The summed E-state index contributed by atoms with van der Waals surface area (Å²) in [7, 11) is 0. The van der Waals surface area contributed by atoms with E-state index in [2.05, 4.69) is 0 Å². The zero-order valence-corrected chi connectivity index (χ0v) is 7.84. The van der Waals surface area contributed by atoms with Crippen molar-refractivity contribution < 1.29 is 19.4 Å². The van der Waals surface area contributed by atoms with Crippen LogP contribution in [-0.4, -0.2) is 24.5 Å². The van der Waals surface area contributed by atoms with E-state index in [9.17, 15) is 4.79 Å². The van der Waals surface area contributed by atoms with Crippen molar-refractivity contribution in [1.29, 1.82) is 0 Å². The Morgan fingerprint density at radius 1 is 1.43 bits per heavy atom. The van der Waals surface area contributed by atoms with Crippen LogP contribution in [0.3, 0.4) is 0 Å². The van der Waals surface area contributed by atoms with Gasteiger partial charge in [-0.15, -0.1) is 0 Å². The van der Waals surface area contributed by atoms with Gasteiger partial charge in [-0.3, -0.25) is 4.79 Å². The molecule has 76 valence electrons. The van der Waals surface area contributed by atoms with Gasteiger partial charge in [-0.1, -0.05) is 0 Å². The standard InChI is InChI=1S/C10H12O4/c1-8(12)13-7-14-10-4-2-9(6-11)3-5-10/h2-6,8,12H,7H2,1H3. The number of ether oxygens (including phenoxy) is 2. The zero-order valence-electron chi connectivity index (χ0n) is 7.84. The summed E-state index contributed by atoms with van der Waals surface area (Å²) in [5.74, 6) is 0.594. The molecule has 14 heavy (non-hydrogen) atoms. The van der Waals surface area contributed by atoms with Crippen LogP contribution in [0, 0.1) is 0 Å². The van der Waals surface area contributed by atoms with Crippen molar-refractivity contribution in [1.82, 2.24) is 0 Å². The van der Waals surface area contributed by atoms with Gasteiger partial charge in [0.2, 0.25) is 0 Å². The highest BCUT2D eigenvalue weighted by molar-refractivity contribution is 5.74. The van der Waals surface area contributed by atoms with Gasteiger partial charge in [0, 0.05) is 5.56 Å². The van der Waals surface area contributed by atoms with Crippen LogP contribution in [0.4, 0.5) is 0 Å². The van der Waals surface area contributed by atoms with Gasteiger partial charge in [0.05, 0.1) is 0 Å². The molecule has 4 heteroatoms. The van der Waals surface area contributed by atoms with Crippen molar-refractivity contribution in [3.8, 4) is 5.75 Å². The SMILES string of the molecule is CC(O)OCOc1ccc(C=O)cc1. The van der Waals surface area contributed by atoms with Gasteiger partial charge in [0.25, 0.3) is 0 Å². The van der Waals surface area contributed by atoms with Crippen LogP contribution < -0.4 is 4.74 Å². The fourth-order valence-electron chi connectivity index (χ4n) is 0.843. The molecule has 0 fully saturated rings. The maximum atomic E-state index is 10.3. The first kappa shape index (κ1) is 10.7. The number of hydrogen-bond acceptors (Lipinski definition) is 4. The molecule has 0 aliphatic heterocycles. The largest absolute Gasteiger partial charge is 0.467 e. The molecule has 0 saturated heterocycles. The molecule has 1 N–H and O–H groups in total. The lowest BCUT2D eigenvalue weighted by Gasteiger charge is -2.08. The topological polar surface area (TPSA) is 55.8 Å². The fourth-order valence-corrected chi connectivity index (χ4v) is 0.843. The zero-order chi connectivity index (χ0) is 10.4. The molecule has 1 aromatic rings. The minimum Gasteiger partial charge on any atom is -0.467 e. The summed E-state index contributed by atoms with van der Waals surface area (Å²) in [5, 5.41) is 8.76. The van der Waals surface area contributed by atoms with E-state index in [1.165, 1.54) is 6.92 Å². The third-order valence-electron chi connectivity index (χ3n) is 1.55. The molecule has 0 saturated carbocycles. The number of carbonyl (C=O) groups excluding carboxylic acids is 1. The molecular weight excluding hydrogens is 184 g/mol. The molecule has 0 aromatic heterocycles. The molecule has 0 bridgehead atoms. The number of rotatable bonds is 5. The van der Waals surface area contributed by atoms with Crippen molar-refractivity contribution in [2.75, 3.05) is 6.79 Å². The average Bonchev–Trinajstić information content (AvgIpc) is 2.18. The quantitative estimate of drug-likeness (QED) is 0.567. The smallest absolute Gasteiger partial charge is 0.191 e. The third-order valence-corrected chi connectivity index (χ3v) is 1.55. The highest BCUT2D eigenvalue weighted by Gasteiger charge is 1.96. The van der Waals surface area contributed by atoms with E-state index >= 15 is 0 Å². The van der Waals surface area contributed by atoms with Crippen molar-refractivity contribution in [3.05, 3.63) is 29.8 Å². The van der Waals surface area contributed by atoms with Gasteiger partial charge in [0.1, 0.15) is 12.0 Å². The highest BCUT2D eigenvalue weighted by atomic mass is 16.7. The fraction of sp³-hybridized carbons (Fsp3) is 0.300. The molecule has 1 unspecified atom stereocenters. The second-order valence-corrected chi connectivity index (χ2v) is 2.72. The molecule has 1 rings (SSSR count). The summed E-state index contributed by atoms with van der Waals surface area (Å²) < 4.78 is 9.88. The van der Waals surface area contributed by atoms with Crippen LogP contribution in [0.1, 0.15) is 17.3 Å². The van der Waals surface area contributed by atoms with Crippen LogP contribution in [0.15, 0.2) is 24.3 Å². The Morgan fingerprint density at radius 3 is 2.57 bits per heavy atom. The summed E-state index contributed by atoms with van der Waals surface area (Å²) in [6.45, 7) is 1.48. The lowest BCUT2D eigenvalue weighted by Crippen LogP contribution is -2.11. The van der Waals surface area contributed by atoms with E-state index in [0.29, 0.717) is 11.3 Å². The molecule has 0 radical (unpaired) electrons. The second-order valence-electron chi connectivity index (χ2n) is 2.72. The number of benzene rings is 1. The summed E-state index contributed by atoms with van der Waals surface area (Å²) >= 11 is 0. The predicted molar refractivity (Wildman–Crippen MR) is 50.1 cm³/mol. The van der Waals surface area contributed by atoms with Crippen molar-refractivity contribution in [3.63, 3.8) is 0 Å². The Hall–Kier alpha value is -1.39. The molecule has 0 heterocycles. The minimum absolute atomic E-state index is 0.0158. The monoisotopic (exact) mass is 196 g/mol. The van der Waals surface area contributed by atoms with E-state index in [-0.39, 0.29) is 6.79 Å². The summed E-state index contributed by atoms with van der Waals surface area (Å²) in [5.41, 5.74) is 0.591.